The topological polar surface area (TPSA) is 122 Å². The summed E-state index contributed by atoms with van der Waals surface area (Å²) < 4.78 is 4.80. The van der Waals surface area contributed by atoms with Crippen molar-refractivity contribution in [3.63, 3.8) is 0 Å². The molecule has 1 amide bonds. The van der Waals surface area contributed by atoms with E-state index in [0.717, 1.165) is 16.3 Å². The van der Waals surface area contributed by atoms with Gasteiger partial charge in [0.25, 0.3) is 0 Å². The minimum absolute atomic E-state index is 0.0274. The molecule has 0 atom stereocenters. The van der Waals surface area contributed by atoms with E-state index in [2.05, 4.69) is 30.8 Å². The summed E-state index contributed by atoms with van der Waals surface area (Å²) in [5, 5.41) is 13.1. The van der Waals surface area contributed by atoms with Crippen LogP contribution in [0.5, 0.6) is 0 Å². The number of H-pyrrole nitrogens is 1. The van der Waals surface area contributed by atoms with Crippen molar-refractivity contribution in [2.75, 3.05) is 23.5 Å². The first kappa shape index (κ1) is 19.1. The van der Waals surface area contributed by atoms with Crippen LogP contribution in [0.4, 0.5) is 17.2 Å². The van der Waals surface area contributed by atoms with E-state index in [1.54, 1.807) is 24.4 Å². The summed E-state index contributed by atoms with van der Waals surface area (Å²) in [6.07, 6.45) is 1.61. The van der Waals surface area contributed by atoms with E-state index in [4.69, 9.17) is 4.74 Å². The van der Waals surface area contributed by atoms with Gasteiger partial charge in [-0.2, -0.15) is 5.10 Å². The van der Waals surface area contributed by atoms with Crippen molar-refractivity contribution in [2.45, 2.75) is 4.90 Å². The zero-order valence-corrected chi connectivity index (χ0v) is 17.1. The average molecular weight is 432 g/mol. The maximum absolute atomic E-state index is 11.9. The first-order chi connectivity index (χ1) is 15.1. The van der Waals surface area contributed by atoms with E-state index in [9.17, 15) is 9.59 Å². The Morgan fingerprint density at radius 1 is 1.19 bits per heavy atom. The highest BCUT2D eigenvalue weighted by atomic mass is 32.2. The zero-order valence-electron chi connectivity index (χ0n) is 16.3. The summed E-state index contributed by atoms with van der Waals surface area (Å²) in [4.78, 5) is 33.8. The second-order valence-corrected chi connectivity index (χ2v) is 7.79. The third-order valence-electron chi connectivity index (χ3n) is 4.72. The predicted octanol–water partition coefficient (Wildman–Crippen LogP) is 3.59. The number of aromatic nitrogens is 4. The largest absolute Gasteiger partial charge is 0.465 e. The molecule has 2 aromatic heterocycles. The van der Waals surface area contributed by atoms with Gasteiger partial charge in [0.1, 0.15) is 11.0 Å². The lowest BCUT2D eigenvalue weighted by Crippen LogP contribution is -2.18. The number of benzene rings is 2. The van der Waals surface area contributed by atoms with Crippen molar-refractivity contribution in [1.29, 1.82) is 0 Å². The van der Waals surface area contributed by atoms with E-state index in [0.29, 0.717) is 39.6 Å². The van der Waals surface area contributed by atoms with Crippen LogP contribution in [0, 0.1) is 0 Å². The van der Waals surface area contributed by atoms with Crippen LogP contribution in [-0.2, 0) is 9.53 Å². The van der Waals surface area contributed by atoms with E-state index in [1.807, 2.05) is 24.3 Å². The SMILES string of the molecule is COC(=O)c1cccc(-c2nc(Nc3ccc4c(c3)NC(=O)CS4)c3[nH]ncc3n2)c1. The Morgan fingerprint density at radius 2 is 2.10 bits per heavy atom. The minimum atomic E-state index is -0.432. The number of carbonyl (C=O) groups excluding carboxylic acids is 2. The van der Waals surface area contributed by atoms with Crippen molar-refractivity contribution in [1.82, 2.24) is 20.2 Å². The monoisotopic (exact) mass is 432 g/mol. The van der Waals surface area contributed by atoms with Gasteiger partial charge in [-0.25, -0.2) is 14.8 Å². The van der Waals surface area contributed by atoms with Gasteiger partial charge >= 0.3 is 5.97 Å². The second-order valence-electron chi connectivity index (χ2n) is 6.77. The maximum Gasteiger partial charge on any atom is 0.337 e. The maximum atomic E-state index is 11.9. The Hall–Kier alpha value is -3.92. The van der Waals surface area contributed by atoms with Crippen LogP contribution < -0.4 is 10.6 Å². The molecule has 0 spiro atoms. The number of rotatable bonds is 4. The molecule has 1 aliphatic heterocycles. The molecule has 1 aliphatic rings. The van der Waals surface area contributed by atoms with Gasteiger partial charge in [0.05, 0.1) is 30.3 Å². The minimum Gasteiger partial charge on any atom is -0.465 e. The van der Waals surface area contributed by atoms with Crippen LogP contribution in [0.25, 0.3) is 22.4 Å². The zero-order chi connectivity index (χ0) is 21.4. The number of hydrogen-bond acceptors (Lipinski definition) is 8. The molecular formula is C21H16N6O3S. The Balaban J connectivity index is 1.54. The Kier molecular flexibility index (Phi) is 4.75. The van der Waals surface area contributed by atoms with Crippen molar-refractivity contribution < 1.29 is 14.3 Å². The number of esters is 1. The molecule has 0 unspecified atom stereocenters. The lowest BCUT2D eigenvalue weighted by atomic mass is 10.1. The lowest BCUT2D eigenvalue weighted by molar-refractivity contribution is -0.113. The summed E-state index contributed by atoms with van der Waals surface area (Å²) in [6, 6.07) is 12.7. The number of thioether (sulfide) groups is 1. The number of anilines is 3. The Morgan fingerprint density at radius 3 is 2.97 bits per heavy atom. The fourth-order valence-electron chi connectivity index (χ4n) is 3.26. The van der Waals surface area contributed by atoms with Gasteiger partial charge in [-0.3, -0.25) is 9.89 Å². The molecule has 154 valence electrons. The fraction of sp³-hybridized carbons (Fsp3) is 0.0952. The highest BCUT2D eigenvalue weighted by Gasteiger charge is 2.17. The molecular weight excluding hydrogens is 416 g/mol. The third kappa shape index (κ3) is 3.68. The first-order valence-corrected chi connectivity index (χ1v) is 10.3. The van der Waals surface area contributed by atoms with Crippen molar-refractivity contribution in [3.05, 3.63) is 54.2 Å². The molecule has 0 saturated carbocycles. The van der Waals surface area contributed by atoms with Gasteiger partial charge in [0.2, 0.25) is 5.91 Å². The number of amides is 1. The van der Waals surface area contributed by atoms with E-state index >= 15 is 0 Å². The van der Waals surface area contributed by atoms with Crippen molar-refractivity contribution >= 4 is 51.9 Å². The smallest absolute Gasteiger partial charge is 0.337 e. The number of carbonyl (C=O) groups is 2. The molecule has 4 aromatic rings. The number of fused-ring (bicyclic) bond motifs is 2. The third-order valence-corrected chi connectivity index (χ3v) is 5.79. The number of nitrogens with one attached hydrogen (secondary N) is 3. The standard InChI is InChI=1S/C21H16N6O3S/c1-30-21(29)12-4-2-3-11(7-12)19-25-15-9-22-27-18(15)20(26-19)23-13-5-6-16-14(8-13)24-17(28)10-31-16/h2-9H,10H2,1H3,(H,22,27)(H,24,28)(H,23,25,26). The van der Waals surface area contributed by atoms with Gasteiger partial charge in [-0.05, 0) is 30.3 Å². The number of ether oxygens (including phenoxy) is 1. The summed E-state index contributed by atoms with van der Waals surface area (Å²) >= 11 is 1.50. The second kappa shape index (κ2) is 7.73. The number of hydrogen-bond donors (Lipinski definition) is 3. The van der Waals surface area contributed by atoms with Crippen LogP contribution in [-0.4, -0.2) is 44.9 Å². The molecule has 2 aromatic carbocycles. The van der Waals surface area contributed by atoms with E-state index in [1.165, 1.54) is 18.9 Å². The van der Waals surface area contributed by atoms with Crippen molar-refractivity contribution in [2.24, 2.45) is 0 Å². The molecule has 5 rings (SSSR count). The molecule has 9 nitrogen and oxygen atoms in total. The predicted molar refractivity (Wildman–Crippen MR) is 118 cm³/mol. The highest BCUT2D eigenvalue weighted by Crippen LogP contribution is 2.35. The summed E-state index contributed by atoms with van der Waals surface area (Å²) in [5.41, 5.74) is 3.86. The van der Waals surface area contributed by atoms with E-state index in [-0.39, 0.29) is 5.91 Å². The Bertz CT molecular complexity index is 1340. The molecule has 0 bridgehead atoms. The lowest BCUT2D eigenvalue weighted by Gasteiger charge is -2.17. The molecule has 3 heterocycles. The molecule has 31 heavy (non-hydrogen) atoms. The van der Waals surface area contributed by atoms with Crippen LogP contribution >= 0.6 is 11.8 Å². The highest BCUT2D eigenvalue weighted by molar-refractivity contribution is 8.00. The molecule has 0 fully saturated rings. The molecule has 0 radical (unpaired) electrons. The molecule has 10 heteroatoms. The van der Waals surface area contributed by atoms with Crippen LogP contribution in [0.3, 0.4) is 0 Å². The molecule has 0 aliphatic carbocycles. The molecule has 3 N–H and O–H groups in total. The number of aromatic amines is 1. The quantitative estimate of drug-likeness (QED) is 0.418. The summed E-state index contributed by atoms with van der Waals surface area (Å²) in [5.74, 6) is 0.910. The van der Waals surface area contributed by atoms with Gasteiger partial charge < -0.3 is 15.4 Å². The van der Waals surface area contributed by atoms with Gasteiger partial charge in [-0.1, -0.05) is 12.1 Å². The van der Waals surface area contributed by atoms with E-state index < -0.39 is 5.97 Å². The summed E-state index contributed by atoms with van der Waals surface area (Å²) in [7, 11) is 1.34. The van der Waals surface area contributed by atoms with Gasteiger partial charge in [0, 0.05) is 16.1 Å². The van der Waals surface area contributed by atoms with Crippen LogP contribution in [0.15, 0.2) is 53.6 Å². The van der Waals surface area contributed by atoms with Gasteiger partial charge in [-0.15, -0.1) is 11.8 Å². The summed E-state index contributed by atoms with van der Waals surface area (Å²) in [6.45, 7) is 0. The molecule has 0 saturated heterocycles. The van der Waals surface area contributed by atoms with Gasteiger partial charge in [0.15, 0.2) is 11.6 Å². The Labute approximate surface area is 180 Å². The number of nitrogens with zero attached hydrogens (tertiary/aromatic N) is 3. The first-order valence-electron chi connectivity index (χ1n) is 9.34. The van der Waals surface area contributed by atoms with Crippen LogP contribution in [0.2, 0.25) is 0 Å². The normalized spacial score (nSPS) is 12.9. The average Bonchev–Trinajstić information content (AvgIpc) is 3.27. The van der Waals surface area contributed by atoms with Crippen LogP contribution in [0.1, 0.15) is 10.4 Å². The number of methoxy groups -OCH3 is 1. The van der Waals surface area contributed by atoms with Crippen molar-refractivity contribution in [3.8, 4) is 11.4 Å². The fourth-order valence-corrected chi connectivity index (χ4v) is 4.05.